The van der Waals surface area contributed by atoms with Crippen LogP contribution in [-0.2, 0) is 0 Å². The number of hydrogen-bond acceptors (Lipinski definition) is 2. The van der Waals surface area contributed by atoms with E-state index in [0.717, 1.165) is 5.56 Å². The van der Waals surface area contributed by atoms with E-state index in [1.807, 2.05) is 12.1 Å². The van der Waals surface area contributed by atoms with E-state index in [0.29, 0.717) is 16.8 Å². The fourth-order valence-corrected chi connectivity index (χ4v) is 2.27. The standard InChI is InChI=1S/C16H11NO2.K.H/c1-2-11-7-3-6-10-14(11)17-15(18)12-8-4-5-9-13(12)16(17)19;;/h2-10H,1H2;;. The molecule has 3 rings (SSSR count). The Morgan fingerprint density at radius 3 is 1.90 bits per heavy atom. The molecule has 94 valence electrons. The molecule has 0 bridgehead atoms. The van der Waals surface area contributed by atoms with Crippen molar-refractivity contribution in [1.82, 2.24) is 0 Å². The van der Waals surface area contributed by atoms with Crippen LogP contribution in [0.15, 0.2) is 55.1 Å². The molecule has 0 aromatic heterocycles. The Morgan fingerprint density at radius 1 is 0.850 bits per heavy atom. The summed E-state index contributed by atoms with van der Waals surface area (Å²) < 4.78 is 0. The van der Waals surface area contributed by atoms with E-state index >= 15 is 0 Å². The second-order valence-corrected chi connectivity index (χ2v) is 4.25. The third kappa shape index (κ3) is 2.34. The van der Waals surface area contributed by atoms with Crippen LogP contribution < -0.4 is 4.90 Å². The van der Waals surface area contributed by atoms with Crippen molar-refractivity contribution in [2.75, 3.05) is 4.90 Å². The number of nitrogens with zero attached hydrogens (tertiary/aromatic N) is 1. The zero-order valence-electron chi connectivity index (χ0n) is 10.2. The van der Waals surface area contributed by atoms with Gasteiger partial charge in [0.2, 0.25) is 0 Å². The van der Waals surface area contributed by atoms with Gasteiger partial charge < -0.3 is 0 Å². The van der Waals surface area contributed by atoms with Crippen LogP contribution in [0.5, 0.6) is 0 Å². The predicted octanol–water partition coefficient (Wildman–Crippen LogP) is 2.48. The molecule has 0 atom stereocenters. The Balaban J connectivity index is 0.00000147. The van der Waals surface area contributed by atoms with Gasteiger partial charge in [0.15, 0.2) is 0 Å². The molecule has 2 amide bonds. The van der Waals surface area contributed by atoms with E-state index < -0.39 is 0 Å². The van der Waals surface area contributed by atoms with Crippen LogP contribution in [0.3, 0.4) is 0 Å². The van der Waals surface area contributed by atoms with Gasteiger partial charge in [-0.05, 0) is 23.8 Å². The van der Waals surface area contributed by atoms with Gasteiger partial charge in [-0.25, -0.2) is 4.90 Å². The summed E-state index contributed by atoms with van der Waals surface area (Å²) >= 11 is 0. The van der Waals surface area contributed by atoms with Crippen molar-refractivity contribution in [3.05, 3.63) is 71.8 Å². The Bertz CT molecular complexity index is 674. The number of para-hydroxylation sites is 1. The second-order valence-electron chi connectivity index (χ2n) is 4.25. The Kier molecular flexibility index (Phi) is 4.72. The van der Waals surface area contributed by atoms with Gasteiger partial charge in [-0.2, -0.15) is 0 Å². The number of carbonyl (C=O) groups excluding carboxylic acids is 2. The third-order valence-electron chi connectivity index (χ3n) is 3.19. The molecule has 0 aliphatic carbocycles. The van der Waals surface area contributed by atoms with Gasteiger partial charge in [0.05, 0.1) is 16.8 Å². The summed E-state index contributed by atoms with van der Waals surface area (Å²) in [6.45, 7) is 3.71. The number of hydrogen-bond donors (Lipinski definition) is 0. The molecule has 0 saturated heterocycles. The number of benzene rings is 2. The summed E-state index contributed by atoms with van der Waals surface area (Å²) in [5.74, 6) is -0.565. The first kappa shape index (κ1) is 15.3. The molecule has 0 fully saturated rings. The Hall–Kier alpha value is -1.04. The summed E-state index contributed by atoms with van der Waals surface area (Å²) in [6, 6.07) is 14.1. The van der Waals surface area contributed by atoms with Crippen molar-refractivity contribution >= 4 is 75.0 Å². The SMILES string of the molecule is C=Cc1ccccc1N1C(=O)c2ccccc2C1=O.[KH]. The molecule has 0 N–H and O–H groups in total. The second kappa shape index (κ2) is 6.16. The summed E-state index contributed by atoms with van der Waals surface area (Å²) in [5, 5.41) is 0. The number of amides is 2. The molecule has 1 aliphatic heterocycles. The molecule has 4 heteroatoms. The summed E-state index contributed by atoms with van der Waals surface area (Å²) in [5.41, 5.74) is 2.23. The number of anilines is 1. The first-order valence-corrected chi connectivity index (χ1v) is 5.93. The molecule has 0 unspecified atom stereocenters. The fraction of sp³-hybridized carbons (Fsp3) is 0. The molecule has 0 radical (unpaired) electrons. The van der Waals surface area contributed by atoms with Crippen molar-refractivity contribution < 1.29 is 9.59 Å². The number of imide groups is 1. The van der Waals surface area contributed by atoms with Gasteiger partial charge in [-0.3, -0.25) is 9.59 Å². The molecule has 0 saturated carbocycles. The van der Waals surface area contributed by atoms with Gasteiger partial charge in [0, 0.05) is 0 Å². The minimum absolute atomic E-state index is 0. The van der Waals surface area contributed by atoms with Crippen LogP contribution in [0.4, 0.5) is 5.69 Å². The first-order valence-electron chi connectivity index (χ1n) is 5.93. The van der Waals surface area contributed by atoms with Crippen LogP contribution >= 0.6 is 0 Å². The van der Waals surface area contributed by atoms with Crippen LogP contribution in [-0.4, -0.2) is 63.2 Å². The Morgan fingerprint density at radius 2 is 1.35 bits per heavy atom. The van der Waals surface area contributed by atoms with Crippen molar-refractivity contribution in [3.8, 4) is 0 Å². The van der Waals surface area contributed by atoms with Crippen LogP contribution in [0.1, 0.15) is 26.3 Å². The molecular weight excluding hydrogens is 277 g/mol. The average molecular weight is 289 g/mol. The van der Waals surface area contributed by atoms with Gasteiger partial charge >= 0.3 is 51.4 Å². The molecule has 0 spiro atoms. The average Bonchev–Trinajstić information content (AvgIpc) is 2.71. The van der Waals surface area contributed by atoms with Crippen molar-refractivity contribution in [2.45, 2.75) is 0 Å². The summed E-state index contributed by atoms with van der Waals surface area (Å²) in [7, 11) is 0. The molecular formula is C16H12KNO2. The van der Waals surface area contributed by atoms with E-state index in [1.54, 1.807) is 42.5 Å². The predicted molar refractivity (Wildman–Crippen MR) is 81.3 cm³/mol. The zero-order valence-corrected chi connectivity index (χ0v) is 10.2. The van der Waals surface area contributed by atoms with E-state index in [9.17, 15) is 9.59 Å². The van der Waals surface area contributed by atoms with Crippen molar-refractivity contribution in [1.29, 1.82) is 0 Å². The van der Waals surface area contributed by atoms with E-state index in [2.05, 4.69) is 6.58 Å². The van der Waals surface area contributed by atoms with Gasteiger partial charge in [0.25, 0.3) is 11.8 Å². The molecule has 2 aromatic rings. The molecule has 1 heterocycles. The first-order chi connectivity index (χ1) is 9.24. The van der Waals surface area contributed by atoms with Gasteiger partial charge in [-0.15, -0.1) is 0 Å². The number of rotatable bonds is 2. The summed E-state index contributed by atoms with van der Waals surface area (Å²) in [6.07, 6.45) is 1.64. The van der Waals surface area contributed by atoms with Crippen LogP contribution in [0.25, 0.3) is 6.08 Å². The number of carbonyl (C=O) groups is 2. The molecule has 1 aliphatic rings. The molecule has 20 heavy (non-hydrogen) atoms. The maximum atomic E-state index is 12.3. The normalized spacial score (nSPS) is 12.9. The van der Waals surface area contributed by atoms with E-state index in [-0.39, 0.29) is 63.2 Å². The molecule has 3 nitrogen and oxygen atoms in total. The summed E-state index contributed by atoms with van der Waals surface area (Å²) in [4.78, 5) is 25.9. The maximum absolute atomic E-state index is 12.3. The van der Waals surface area contributed by atoms with Gasteiger partial charge in [0.1, 0.15) is 0 Å². The van der Waals surface area contributed by atoms with Crippen LogP contribution in [0.2, 0.25) is 0 Å². The van der Waals surface area contributed by atoms with E-state index in [4.69, 9.17) is 0 Å². The van der Waals surface area contributed by atoms with E-state index in [1.165, 1.54) is 4.90 Å². The monoisotopic (exact) mass is 289 g/mol. The Labute approximate surface area is 159 Å². The third-order valence-corrected chi connectivity index (χ3v) is 3.19. The topological polar surface area (TPSA) is 37.4 Å². The zero-order chi connectivity index (χ0) is 13.4. The van der Waals surface area contributed by atoms with Crippen molar-refractivity contribution in [3.63, 3.8) is 0 Å². The fourth-order valence-electron chi connectivity index (χ4n) is 2.27. The minimum atomic E-state index is -0.282. The van der Waals surface area contributed by atoms with Gasteiger partial charge in [-0.1, -0.05) is 43.0 Å². The van der Waals surface area contributed by atoms with Crippen molar-refractivity contribution in [2.24, 2.45) is 0 Å². The molecule has 2 aromatic carbocycles. The number of fused-ring (bicyclic) bond motifs is 1. The van der Waals surface area contributed by atoms with Crippen LogP contribution in [0, 0.1) is 0 Å². The quantitative estimate of drug-likeness (QED) is 0.629.